The maximum atomic E-state index is 13.9. The van der Waals surface area contributed by atoms with E-state index in [1.54, 1.807) is 12.1 Å². The van der Waals surface area contributed by atoms with Crippen LogP contribution in [0.1, 0.15) is 31.2 Å². The van der Waals surface area contributed by atoms with Gasteiger partial charge in [-0.2, -0.15) is 0 Å². The van der Waals surface area contributed by atoms with E-state index in [1.165, 1.54) is 26.4 Å². The first-order valence-corrected chi connectivity index (χ1v) is 10.2. The number of fused-ring (bicyclic) bond motifs is 1. The molecule has 1 aromatic rings. The highest BCUT2D eigenvalue weighted by Crippen LogP contribution is 2.45. The Morgan fingerprint density at radius 3 is 2.69 bits per heavy atom. The quantitative estimate of drug-likeness (QED) is 0.769. The summed E-state index contributed by atoms with van der Waals surface area (Å²) >= 11 is 0. The van der Waals surface area contributed by atoms with Gasteiger partial charge in [-0.15, -0.1) is 24.8 Å². The van der Waals surface area contributed by atoms with Crippen molar-refractivity contribution in [1.29, 1.82) is 0 Å². The largest absolute Gasteiger partial charge is 0.494 e. The zero-order chi connectivity index (χ0) is 18.9. The number of benzene rings is 1. The van der Waals surface area contributed by atoms with E-state index in [0.717, 1.165) is 51.3 Å². The summed E-state index contributed by atoms with van der Waals surface area (Å²) in [6.07, 6.45) is 4.65. The highest BCUT2D eigenvalue weighted by atomic mass is 35.5. The number of nitrogens with one attached hydrogen (secondary N) is 1. The van der Waals surface area contributed by atoms with Crippen LogP contribution in [0.15, 0.2) is 18.2 Å². The molecule has 3 aliphatic rings. The number of halogens is 3. The van der Waals surface area contributed by atoms with Crippen molar-refractivity contribution in [2.45, 2.75) is 32.2 Å². The van der Waals surface area contributed by atoms with Crippen molar-refractivity contribution in [1.82, 2.24) is 15.1 Å². The minimum atomic E-state index is -0.319. The lowest BCUT2D eigenvalue weighted by Gasteiger charge is -2.43. The van der Waals surface area contributed by atoms with Crippen LogP contribution in [0.25, 0.3) is 0 Å². The Labute approximate surface area is 185 Å². The predicted octanol–water partition coefficient (Wildman–Crippen LogP) is 3.10. The second-order valence-electron chi connectivity index (χ2n) is 8.27. The van der Waals surface area contributed by atoms with Gasteiger partial charge in [0.1, 0.15) is 0 Å². The lowest BCUT2D eigenvalue weighted by Crippen LogP contribution is -2.55. The monoisotopic (exact) mass is 447 g/mol. The van der Waals surface area contributed by atoms with Crippen molar-refractivity contribution in [3.8, 4) is 5.75 Å². The molecule has 164 valence electrons. The normalized spacial score (nSPS) is 26.8. The van der Waals surface area contributed by atoms with Gasteiger partial charge in [0.15, 0.2) is 11.6 Å². The van der Waals surface area contributed by atoms with Gasteiger partial charge in [0.05, 0.1) is 12.5 Å². The van der Waals surface area contributed by atoms with Crippen molar-refractivity contribution in [3.05, 3.63) is 29.6 Å². The molecule has 1 aliphatic carbocycles. The number of methoxy groups -OCH3 is 1. The molecule has 1 N–H and O–H groups in total. The van der Waals surface area contributed by atoms with Crippen LogP contribution in [0.3, 0.4) is 0 Å². The number of nitrogens with zero attached hydrogens (tertiary/aromatic N) is 2. The molecule has 0 aromatic heterocycles. The summed E-state index contributed by atoms with van der Waals surface area (Å²) in [7, 11) is 1.48. The third-order valence-corrected chi connectivity index (χ3v) is 6.75. The fourth-order valence-corrected chi connectivity index (χ4v) is 5.16. The second-order valence-corrected chi connectivity index (χ2v) is 8.27. The molecule has 3 fully saturated rings. The van der Waals surface area contributed by atoms with Crippen LogP contribution in [0.2, 0.25) is 0 Å². The van der Waals surface area contributed by atoms with Gasteiger partial charge in [0.25, 0.3) is 0 Å². The van der Waals surface area contributed by atoms with Gasteiger partial charge in [-0.3, -0.25) is 9.69 Å². The Hall–Kier alpha value is -1.08. The summed E-state index contributed by atoms with van der Waals surface area (Å²) < 4.78 is 18.9. The first-order chi connectivity index (χ1) is 13.1. The Balaban J connectivity index is 0.00000150. The summed E-state index contributed by atoms with van der Waals surface area (Å²) in [6, 6.07) is 5.14. The molecule has 1 amide bonds. The third-order valence-electron chi connectivity index (χ3n) is 6.75. The zero-order valence-corrected chi connectivity index (χ0v) is 18.6. The molecule has 1 aromatic carbocycles. The predicted molar refractivity (Wildman–Crippen MR) is 117 cm³/mol. The molecule has 0 unspecified atom stereocenters. The topological polar surface area (TPSA) is 44.8 Å². The van der Waals surface area contributed by atoms with E-state index >= 15 is 0 Å². The van der Waals surface area contributed by atoms with Crippen molar-refractivity contribution < 1.29 is 13.9 Å². The molecule has 29 heavy (non-hydrogen) atoms. The number of hydrogen-bond acceptors (Lipinski definition) is 4. The van der Waals surface area contributed by atoms with Crippen LogP contribution in [-0.4, -0.2) is 62.1 Å². The molecule has 0 bridgehead atoms. The lowest BCUT2D eigenvalue weighted by atomic mass is 9.67. The Morgan fingerprint density at radius 1 is 1.24 bits per heavy atom. The molecule has 8 heteroatoms. The Kier molecular flexibility index (Phi) is 8.59. The number of carbonyl (C=O) groups is 1. The van der Waals surface area contributed by atoms with Crippen LogP contribution in [0.5, 0.6) is 5.75 Å². The minimum Gasteiger partial charge on any atom is -0.494 e. The molecule has 1 saturated carbocycles. The highest BCUT2D eigenvalue weighted by molar-refractivity contribution is 5.85. The number of carbonyl (C=O) groups excluding carboxylic acids is 1. The summed E-state index contributed by atoms with van der Waals surface area (Å²) in [5.41, 5.74) is 0.790. The van der Waals surface area contributed by atoms with Crippen LogP contribution in [-0.2, 0) is 11.3 Å². The Bertz CT molecular complexity index is 701. The van der Waals surface area contributed by atoms with Gasteiger partial charge in [0.2, 0.25) is 5.91 Å². The van der Waals surface area contributed by atoms with Crippen LogP contribution < -0.4 is 10.1 Å². The van der Waals surface area contributed by atoms with Gasteiger partial charge in [-0.25, -0.2) is 4.39 Å². The van der Waals surface area contributed by atoms with E-state index < -0.39 is 0 Å². The van der Waals surface area contributed by atoms with Gasteiger partial charge in [-0.05, 0) is 43.0 Å². The third kappa shape index (κ3) is 4.82. The lowest BCUT2D eigenvalue weighted by molar-refractivity contribution is -0.147. The fourth-order valence-electron chi connectivity index (χ4n) is 5.16. The maximum Gasteiger partial charge on any atom is 0.230 e. The minimum absolute atomic E-state index is 0. The van der Waals surface area contributed by atoms with E-state index in [9.17, 15) is 9.18 Å². The number of piperazine rings is 1. The SMILES string of the molecule is COc1ccc(CN2CCN(C(=O)[C@@]34CCCC[C@H]3CNC4)CC2)cc1F.Cl.Cl. The number of ether oxygens (including phenoxy) is 1. The fraction of sp³-hybridized carbons (Fsp3) is 0.667. The van der Waals surface area contributed by atoms with E-state index in [4.69, 9.17) is 4.74 Å². The van der Waals surface area contributed by atoms with Crippen molar-refractivity contribution >= 4 is 30.7 Å². The highest BCUT2D eigenvalue weighted by Gasteiger charge is 2.51. The molecule has 4 rings (SSSR count). The van der Waals surface area contributed by atoms with E-state index in [1.807, 2.05) is 6.07 Å². The molecule has 2 aliphatic heterocycles. The van der Waals surface area contributed by atoms with Crippen LogP contribution >= 0.6 is 24.8 Å². The van der Waals surface area contributed by atoms with Crippen molar-refractivity contribution in [2.75, 3.05) is 46.4 Å². The molecule has 2 saturated heterocycles. The standard InChI is InChI=1S/C21H30FN3O2.2ClH/c1-27-19-6-5-16(12-18(19)22)14-24-8-10-25(11-9-24)20(26)21-7-3-2-4-17(21)13-23-15-21;;/h5-6,12,17,23H,2-4,7-11,13-15H2,1H3;2*1H/t17-,21+;;/m0../s1. The zero-order valence-electron chi connectivity index (χ0n) is 17.0. The first-order valence-electron chi connectivity index (χ1n) is 10.2. The smallest absolute Gasteiger partial charge is 0.230 e. The molecular weight excluding hydrogens is 416 g/mol. The van der Waals surface area contributed by atoms with E-state index in [0.29, 0.717) is 18.4 Å². The number of amides is 1. The molecule has 0 spiro atoms. The van der Waals surface area contributed by atoms with E-state index in [2.05, 4.69) is 15.1 Å². The summed E-state index contributed by atoms with van der Waals surface area (Å²) in [5.74, 6) is 0.840. The average Bonchev–Trinajstić information content (AvgIpc) is 3.13. The molecule has 2 atom stereocenters. The Morgan fingerprint density at radius 2 is 2.00 bits per heavy atom. The number of rotatable bonds is 4. The molecule has 5 nitrogen and oxygen atoms in total. The maximum absolute atomic E-state index is 13.9. The average molecular weight is 448 g/mol. The second kappa shape index (κ2) is 10.3. The van der Waals surface area contributed by atoms with Gasteiger partial charge < -0.3 is 15.0 Å². The molecule has 2 heterocycles. The van der Waals surface area contributed by atoms with Gasteiger partial charge in [0, 0.05) is 39.3 Å². The van der Waals surface area contributed by atoms with Crippen LogP contribution in [0.4, 0.5) is 4.39 Å². The summed E-state index contributed by atoms with van der Waals surface area (Å²) in [6.45, 7) is 5.77. The summed E-state index contributed by atoms with van der Waals surface area (Å²) in [5, 5.41) is 3.48. The first kappa shape index (κ1) is 24.2. The summed E-state index contributed by atoms with van der Waals surface area (Å²) in [4.78, 5) is 17.7. The molecular formula is C21H32Cl2FN3O2. The van der Waals surface area contributed by atoms with E-state index in [-0.39, 0.29) is 41.8 Å². The van der Waals surface area contributed by atoms with Gasteiger partial charge in [-0.1, -0.05) is 18.9 Å². The molecule has 0 radical (unpaired) electrons. The van der Waals surface area contributed by atoms with Crippen molar-refractivity contribution in [2.24, 2.45) is 11.3 Å². The van der Waals surface area contributed by atoms with Gasteiger partial charge >= 0.3 is 0 Å². The van der Waals surface area contributed by atoms with Crippen molar-refractivity contribution in [3.63, 3.8) is 0 Å². The number of hydrogen-bond donors (Lipinski definition) is 1. The van der Waals surface area contributed by atoms with Crippen LogP contribution in [0, 0.1) is 17.2 Å².